The summed E-state index contributed by atoms with van der Waals surface area (Å²) in [6.07, 6.45) is 5.22. The molecule has 0 heterocycles. The third-order valence-electron chi connectivity index (χ3n) is 5.58. The molecule has 0 radical (unpaired) electrons. The Hall–Kier alpha value is -2.91. The number of ether oxygens (including phenoxy) is 1. The van der Waals surface area contributed by atoms with Gasteiger partial charge in [0.15, 0.2) is 0 Å². The Balaban J connectivity index is 1.50. The van der Waals surface area contributed by atoms with E-state index >= 15 is 0 Å². The molecule has 4 aromatic carbocycles. The highest BCUT2D eigenvalue weighted by Gasteiger charge is 2.10. The van der Waals surface area contributed by atoms with E-state index in [0.717, 1.165) is 19.3 Å². The van der Waals surface area contributed by atoms with Crippen molar-refractivity contribution in [3.05, 3.63) is 71.8 Å². The first-order valence-corrected chi connectivity index (χ1v) is 10.3. The summed E-state index contributed by atoms with van der Waals surface area (Å²) in [6.45, 7) is 2.09. The van der Waals surface area contributed by atoms with Gasteiger partial charge in [0, 0.05) is 18.6 Å². The van der Waals surface area contributed by atoms with Crippen LogP contribution >= 0.6 is 0 Å². The van der Waals surface area contributed by atoms with E-state index in [2.05, 4.69) is 54.6 Å². The molecule has 0 atom stereocenters. The zero-order chi connectivity index (χ0) is 20.2. The molecule has 3 nitrogen and oxygen atoms in total. The van der Waals surface area contributed by atoms with Gasteiger partial charge in [-0.25, -0.2) is 4.79 Å². The zero-order valence-electron chi connectivity index (χ0n) is 16.8. The Bertz CT molecular complexity index is 1160. The van der Waals surface area contributed by atoms with E-state index in [-0.39, 0.29) is 19.2 Å². The van der Waals surface area contributed by atoms with Crippen LogP contribution in [0.3, 0.4) is 0 Å². The van der Waals surface area contributed by atoms with Crippen molar-refractivity contribution in [2.24, 2.45) is 0 Å². The molecule has 0 bridgehead atoms. The Morgan fingerprint density at radius 3 is 2.38 bits per heavy atom. The lowest BCUT2D eigenvalue weighted by Crippen LogP contribution is -2.08. The molecule has 29 heavy (non-hydrogen) atoms. The number of aliphatic hydroxyl groups excluding tert-OH is 1. The second-order valence-corrected chi connectivity index (χ2v) is 7.57. The van der Waals surface area contributed by atoms with Crippen LogP contribution in [0.5, 0.6) is 0 Å². The number of benzene rings is 4. The van der Waals surface area contributed by atoms with Gasteiger partial charge in [0.05, 0.1) is 6.61 Å². The first-order chi connectivity index (χ1) is 14.2. The molecule has 148 valence electrons. The molecule has 1 N–H and O–H groups in total. The van der Waals surface area contributed by atoms with Crippen molar-refractivity contribution < 1.29 is 14.6 Å². The molecule has 3 heteroatoms. The van der Waals surface area contributed by atoms with E-state index < -0.39 is 0 Å². The minimum Gasteiger partial charge on any atom is -0.462 e. The van der Waals surface area contributed by atoms with Crippen LogP contribution in [0.4, 0.5) is 0 Å². The zero-order valence-corrected chi connectivity index (χ0v) is 16.8. The predicted octanol–water partition coefficient (Wildman–Crippen LogP) is 5.78. The van der Waals surface area contributed by atoms with Crippen LogP contribution < -0.4 is 0 Å². The van der Waals surface area contributed by atoms with Crippen molar-refractivity contribution in [2.45, 2.75) is 32.6 Å². The summed E-state index contributed by atoms with van der Waals surface area (Å²) < 4.78 is 5.12. The highest BCUT2D eigenvalue weighted by Crippen LogP contribution is 2.36. The van der Waals surface area contributed by atoms with Gasteiger partial charge in [-0.2, -0.15) is 0 Å². The lowest BCUT2D eigenvalue weighted by atomic mass is 9.90. The molecule has 0 aliphatic rings. The monoisotopic (exact) mass is 386 g/mol. The Morgan fingerprint density at radius 1 is 0.931 bits per heavy atom. The van der Waals surface area contributed by atoms with Crippen molar-refractivity contribution in [3.63, 3.8) is 0 Å². The van der Waals surface area contributed by atoms with Crippen LogP contribution in [0.1, 0.15) is 31.7 Å². The standard InChI is InChI=1S/C26H26O3/c1-18(26(28)29-17-5-16-27)6-2-3-7-19-10-11-22-13-12-20-8-4-9-21-14-15-23(19)25(22)24(20)21/h4,6,8-15,27H,2-3,5,7,16-17H2,1H3/b18-6+. The molecule has 4 rings (SSSR count). The fourth-order valence-electron chi connectivity index (χ4n) is 4.05. The van der Waals surface area contributed by atoms with Gasteiger partial charge in [-0.05, 0) is 64.1 Å². The number of hydrogen-bond donors (Lipinski definition) is 1. The quantitative estimate of drug-likeness (QED) is 0.181. The number of aryl methyl sites for hydroxylation is 1. The third-order valence-corrected chi connectivity index (χ3v) is 5.58. The van der Waals surface area contributed by atoms with Gasteiger partial charge in [0.1, 0.15) is 0 Å². The van der Waals surface area contributed by atoms with Crippen molar-refractivity contribution in [1.29, 1.82) is 0 Å². The van der Waals surface area contributed by atoms with E-state index in [9.17, 15) is 4.79 Å². The maximum atomic E-state index is 11.9. The Labute approximate surface area is 170 Å². The summed E-state index contributed by atoms with van der Waals surface area (Å²) >= 11 is 0. The van der Waals surface area contributed by atoms with Crippen LogP contribution in [0.2, 0.25) is 0 Å². The fraction of sp³-hybridized carbons (Fsp3) is 0.269. The van der Waals surface area contributed by atoms with Crippen LogP contribution in [-0.4, -0.2) is 24.3 Å². The van der Waals surface area contributed by atoms with Gasteiger partial charge in [0.2, 0.25) is 0 Å². The highest BCUT2D eigenvalue weighted by atomic mass is 16.5. The topological polar surface area (TPSA) is 46.5 Å². The van der Waals surface area contributed by atoms with Gasteiger partial charge in [-0.1, -0.05) is 60.7 Å². The molecule has 0 unspecified atom stereocenters. The summed E-state index contributed by atoms with van der Waals surface area (Å²) in [4.78, 5) is 11.9. The third kappa shape index (κ3) is 3.96. The van der Waals surface area contributed by atoms with Gasteiger partial charge >= 0.3 is 5.97 Å². The van der Waals surface area contributed by atoms with Crippen LogP contribution in [0.25, 0.3) is 32.3 Å². The molecule has 0 fully saturated rings. The molecule has 0 aliphatic carbocycles. The van der Waals surface area contributed by atoms with Crippen molar-refractivity contribution >= 4 is 38.3 Å². The number of esters is 1. The molecule has 0 saturated carbocycles. The molecular formula is C26H26O3. The summed E-state index contributed by atoms with van der Waals surface area (Å²) in [5.41, 5.74) is 1.99. The number of rotatable bonds is 8. The lowest BCUT2D eigenvalue weighted by Gasteiger charge is -2.13. The van der Waals surface area contributed by atoms with Crippen molar-refractivity contribution in [2.75, 3.05) is 13.2 Å². The van der Waals surface area contributed by atoms with Crippen molar-refractivity contribution in [3.8, 4) is 0 Å². The summed E-state index contributed by atoms with van der Waals surface area (Å²) in [6, 6.07) is 19.8. The number of hydrogen-bond acceptors (Lipinski definition) is 3. The maximum Gasteiger partial charge on any atom is 0.333 e. The van der Waals surface area contributed by atoms with E-state index in [1.54, 1.807) is 6.92 Å². The Kier molecular flexibility index (Phi) is 5.77. The first kappa shape index (κ1) is 19.4. The predicted molar refractivity (Wildman–Crippen MR) is 120 cm³/mol. The second-order valence-electron chi connectivity index (χ2n) is 7.57. The number of allylic oxidation sites excluding steroid dienone is 1. The van der Waals surface area contributed by atoms with E-state index in [1.807, 2.05) is 6.08 Å². The average molecular weight is 386 g/mol. The maximum absolute atomic E-state index is 11.9. The molecule has 0 spiro atoms. The van der Waals surface area contributed by atoms with E-state index in [0.29, 0.717) is 12.0 Å². The summed E-state index contributed by atoms with van der Waals surface area (Å²) in [5.74, 6) is -0.291. The number of unbranched alkanes of at least 4 members (excludes halogenated alkanes) is 1. The molecule has 0 amide bonds. The summed E-state index contributed by atoms with van der Waals surface area (Å²) in [7, 11) is 0. The summed E-state index contributed by atoms with van der Waals surface area (Å²) in [5, 5.41) is 16.7. The average Bonchev–Trinajstić information content (AvgIpc) is 2.75. The number of carbonyl (C=O) groups is 1. The Morgan fingerprint density at radius 2 is 1.62 bits per heavy atom. The SMILES string of the molecule is C/C(=C\CCCc1ccc2ccc3cccc4ccc1c2c34)C(=O)OCCCO. The van der Waals surface area contributed by atoms with Crippen LogP contribution in [0.15, 0.2) is 66.2 Å². The minimum absolute atomic E-state index is 0.0371. The fourth-order valence-corrected chi connectivity index (χ4v) is 4.05. The van der Waals surface area contributed by atoms with Gasteiger partial charge in [-0.15, -0.1) is 0 Å². The van der Waals surface area contributed by atoms with E-state index in [4.69, 9.17) is 9.84 Å². The normalized spacial score (nSPS) is 12.3. The van der Waals surface area contributed by atoms with Gasteiger partial charge in [-0.3, -0.25) is 0 Å². The molecular weight excluding hydrogens is 360 g/mol. The highest BCUT2D eigenvalue weighted by molar-refractivity contribution is 6.23. The molecule has 0 saturated heterocycles. The molecule has 0 aromatic heterocycles. The van der Waals surface area contributed by atoms with Crippen LogP contribution in [0, 0.1) is 0 Å². The molecule has 0 aliphatic heterocycles. The number of aliphatic hydroxyl groups is 1. The number of carbonyl (C=O) groups excluding carboxylic acids is 1. The minimum atomic E-state index is -0.291. The second kappa shape index (κ2) is 8.62. The van der Waals surface area contributed by atoms with Crippen LogP contribution in [-0.2, 0) is 16.0 Å². The molecule has 4 aromatic rings. The van der Waals surface area contributed by atoms with Gasteiger partial charge < -0.3 is 9.84 Å². The van der Waals surface area contributed by atoms with Crippen molar-refractivity contribution in [1.82, 2.24) is 0 Å². The lowest BCUT2D eigenvalue weighted by molar-refractivity contribution is -0.139. The smallest absolute Gasteiger partial charge is 0.333 e. The first-order valence-electron chi connectivity index (χ1n) is 10.3. The van der Waals surface area contributed by atoms with E-state index in [1.165, 1.54) is 37.9 Å². The van der Waals surface area contributed by atoms with Gasteiger partial charge in [0.25, 0.3) is 0 Å². The largest absolute Gasteiger partial charge is 0.462 e.